The quantitative estimate of drug-likeness (QED) is 0.887. The average molecular weight is 364 g/mol. The number of nitrogens with zero attached hydrogens (tertiary/aromatic N) is 2. The van der Waals surface area contributed by atoms with Gasteiger partial charge in [-0.3, -0.25) is 4.79 Å². The predicted octanol–water partition coefficient (Wildman–Crippen LogP) is 2.78. The van der Waals surface area contributed by atoms with E-state index in [4.69, 9.17) is 0 Å². The van der Waals surface area contributed by atoms with Crippen molar-refractivity contribution in [2.24, 2.45) is 0 Å². The summed E-state index contributed by atoms with van der Waals surface area (Å²) in [5.41, 5.74) is 3.75. The van der Waals surface area contributed by atoms with E-state index in [-0.39, 0.29) is 11.4 Å². The smallest absolute Gasteiger partial charge is 0.225 e. The van der Waals surface area contributed by atoms with Crippen molar-refractivity contribution in [3.05, 3.63) is 71.3 Å². The van der Waals surface area contributed by atoms with Gasteiger partial charge in [0, 0.05) is 32.7 Å². The van der Waals surface area contributed by atoms with Crippen molar-refractivity contribution in [2.45, 2.75) is 31.3 Å². The number of rotatable bonds is 5. The SMILES string of the molecule is CN(CCN1CCC2(CC1)NC(=O)Cc1ccccc12)Cc1ccccc1. The first-order chi connectivity index (χ1) is 13.1. The van der Waals surface area contributed by atoms with Crippen LogP contribution < -0.4 is 5.32 Å². The van der Waals surface area contributed by atoms with Crippen LogP contribution in [0.3, 0.4) is 0 Å². The molecule has 0 atom stereocenters. The fourth-order valence-electron chi connectivity index (χ4n) is 4.53. The van der Waals surface area contributed by atoms with Gasteiger partial charge in [0.05, 0.1) is 12.0 Å². The number of carbonyl (C=O) groups is 1. The van der Waals surface area contributed by atoms with Gasteiger partial charge >= 0.3 is 0 Å². The third-order valence-electron chi connectivity index (χ3n) is 6.07. The van der Waals surface area contributed by atoms with Gasteiger partial charge < -0.3 is 15.1 Å². The number of piperidine rings is 1. The Bertz CT molecular complexity index is 781. The van der Waals surface area contributed by atoms with E-state index in [1.807, 2.05) is 6.07 Å². The van der Waals surface area contributed by atoms with Crippen molar-refractivity contribution < 1.29 is 4.79 Å². The van der Waals surface area contributed by atoms with Gasteiger partial charge in [-0.25, -0.2) is 0 Å². The summed E-state index contributed by atoms with van der Waals surface area (Å²) in [4.78, 5) is 17.2. The summed E-state index contributed by atoms with van der Waals surface area (Å²) in [6.45, 7) is 5.20. The van der Waals surface area contributed by atoms with Crippen LogP contribution >= 0.6 is 0 Å². The van der Waals surface area contributed by atoms with E-state index in [0.29, 0.717) is 6.42 Å². The van der Waals surface area contributed by atoms with E-state index in [0.717, 1.165) is 45.6 Å². The lowest BCUT2D eigenvalue weighted by Gasteiger charge is -2.46. The highest BCUT2D eigenvalue weighted by atomic mass is 16.1. The monoisotopic (exact) mass is 363 g/mol. The molecule has 0 radical (unpaired) electrons. The zero-order valence-electron chi connectivity index (χ0n) is 16.2. The summed E-state index contributed by atoms with van der Waals surface area (Å²) < 4.78 is 0. The first-order valence-electron chi connectivity index (χ1n) is 9.99. The van der Waals surface area contributed by atoms with E-state index >= 15 is 0 Å². The minimum absolute atomic E-state index is 0.154. The predicted molar refractivity (Wildman–Crippen MR) is 108 cm³/mol. The summed E-state index contributed by atoms with van der Waals surface area (Å²) in [5, 5.41) is 3.33. The maximum absolute atomic E-state index is 12.2. The molecule has 0 saturated carbocycles. The highest BCUT2D eigenvalue weighted by Crippen LogP contribution is 2.37. The van der Waals surface area contributed by atoms with Gasteiger partial charge in [0.2, 0.25) is 5.91 Å². The third-order valence-corrected chi connectivity index (χ3v) is 6.07. The Balaban J connectivity index is 1.32. The van der Waals surface area contributed by atoms with Crippen LogP contribution in [0.2, 0.25) is 0 Å². The van der Waals surface area contributed by atoms with E-state index in [1.165, 1.54) is 16.7 Å². The molecule has 0 aliphatic carbocycles. The van der Waals surface area contributed by atoms with Crippen molar-refractivity contribution in [3.63, 3.8) is 0 Å². The number of benzene rings is 2. The van der Waals surface area contributed by atoms with Gasteiger partial charge in [-0.2, -0.15) is 0 Å². The molecule has 1 amide bonds. The Morgan fingerprint density at radius 3 is 2.52 bits per heavy atom. The van der Waals surface area contributed by atoms with Gasteiger partial charge in [-0.1, -0.05) is 54.6 Å². The van der Waals surface area contributed by atoms with E-state index < -0.39 is 0 Å². The lowest BCUT2D eigenvalue weighted by atomic mass is 9.75. The molecule has 2 heterocycles. The van der Waals surface area contributed by atoms with Crippen LogP contribution in [0.1, 0.15) is 29.5 Å². The molecule has 2 aromatic rings. The van der Waals surface area contributed by atoms with E-state index in [2.05, 4.69) is 70.7 Å². The first-order valence-corrected chi connectivity index (χ1v) is 9.99. The second-order valence-electron chi connectivity index (χ2n) is 8.03. The molecule has 4 heteroatoms. The van der Waals surface area contributed by atoms with Gasteiger partial charge in [0.1, 0.15) is 0 Å². The zero-order chi connectivity index (χ0) is 18.7. The van der Waals surface area contributed by atoms with E-state index in [9.17, 15) is 4.79 Å². The summed E-state index contributed by atoms with van der Waals surface area (Å²) >= 11 is 0. The molecule has 0 unspecified atom stereocenters. The largest absolute Gasteiger partial charge is 0.346 e. The molecule has 4 nitrogen and oxygen atoms in total. The molecule has 0 bridgehead atoms. The molecule has 1 fully saturated rings. The Morgan fingerprint density at radius 1 is 1.04 bits per heavy atom. The molecule has 142 valence electrons. The molecule has 2 aliphatic rings. The van der Waals surface area contributed by atoms with Crippen LogP contribution in [0.25, 0.3) is 0 Å². The summed E-state index contributed by atoms with van der Waals surface area (Å²) in [6.07, 6.45) is 2.52. The average Bonchev–Trinajstić information content (AvgIpc) is 2.68. The number of hydrogen-bond donors (Lipinski definition) is 1. The van der Waals surface area contributed by atoms with Crippen molar-refractivity contribution in [1.82, 2.24) is 15.1 Å². The van der Waals surface area contributed by atoms with Crippen molar-refractivity contribution in [1.29, 1.82) is 0 Å². The van der Waals surface area contributed by atoms with Gasteiger partial charge in [0.15, 0.2) is 0 Å². The van der Waals surface area contributed by atoms with Crippen molar-refractivity contribution in [2.75, 3.05) is 33.2 Å². The van der Waals surface area contributed by atoms with Gasteiger partial charge in [-0.05, 0) is 36.6 Å². The first kappa shape index (κ1) is 18.2. The fraction of sp³-hybridized carbons (Fsp3) is 0.435. The second kappa shape index (κ2) is 7.83. The molecule has 1 N–H and O–H groups in total. The minimum Gasteiger partial charge on any atom is -0.346 e. The molecular formula is C23H29N3O. The highest BCUT2D eigenvalue weighted by Gasteiger charge is 2.41. The molecule has 1 spiro atoms. The van der Waals surface area contributed by atoms with Crippen LogP contribution in [0.4, 0.5) is 0 Å². The van der Waals surface area contributed by atoms with Crippen molar-refractivity contribution >= 4 is 5.91 Å². The maximum Gasteiger partial charge on any atom is 0.225 e. The number of hydrogen-bond acceptors (Lipinski definition) is 3. The lowest BCUT2D eigenvalue weighted by molar-refractivity contribution is -0.124. The van der Waals surface area contributed by atoms with Crippen LogP contribution in [0, 0.1) is 0 Å². The third kappa shape index (κ3) is 4.07. The number of likely N-dealkylation sites (N-methyl/N-ethyl adjacent to an activating group) is 1. The summed E-state index contributed by atoms with van der Waals surface area (Å²) in [6, 6.07) is 19.1. The summed E-state index contributed by atoms with van der Waals surface area (Å²) in [5.74, 6) is 0.171. The molecule has 1 saturated heterocycles. The Hall–Kier alpha value is -2.17. The molecule has 2 aliphatic heterocycles. The topological polar surface area (TPSA) is 35.6 Å². The minimum atomic E-state index is -0.154. The normalized spacial score (nSPS) is 19.1. The van der Waals surface area contributed by atoms with E-state index in [1.54, 1.807) is 0 Å². The number of amides is 1. The molecular weight excluding hydrogens is 334 g/mol. The fourth-order valence-corrected chi connectivity index (χ4v) is 4.53. The molecule has 0 aromatic heterocycles. The van der Waals surface area contributed by atoms with Crippen LogP contribution in [0.15, 0.2) is 54.6 Å². The number of nitrogens with one attached hydrogen (secondary N) is 1. The molecule has 2 aromatic carbocycles. The number of fused-ring (bicyclic) bond motifs is 2. The Kier molecular flexibility index (Phi) is 5.28. The second-order valence-corrected chi connectivity index (χ2v) is 8.03. The lowest BCUT2D eigenvalue weighted by Crippen LogP contribution is -2.56. The van der Waals surface area contributed by atoms with Crippen LogP contribution in [-0.4, -0.2) is 48.9 Å². The zero-order valence-corrected chi connectivity index (χ0v) is 16.2. The van der Waals surface area contributed by atoms with Crippen molar-refractivity contribution in [3.8, 4) is 0 Å². The number of likely N-dealkylation sites (tertiary alicyclic amines) is 1. The number of carbonyl (C=O) groups excluding carboxylic acids is 1. The van der Waals surface area contributed by atoms with Gasteiger partial charge in [0.25, 0.3) is 0 Å². The van der Waals surface area contributed by atoms with Gasteiger partial charge in [-0.15, -0.1) is 0 Å². The Labute approximate surface area is 162 Å². The van der Waals surface area contributed by atoms with Crippen LogP contribution in [-0.2, 0) is 23.3 Å². The summed E-state index contributed by atoms with van der Waals surface area (Å²) in [7, 11) is 2.19. The molecule has 27 heavy (non-hydrogen) atoms. The van der Waals surface area contributed by atoms with Crippen LogP contribution in [0.5, 0.6) is 0 Å². The maximum atomic E-state index is 12.2. The highest BCUT2D eigenvalue weighted by molar-refractivity contribution is 5.82. The molecule has 4 rings (SSSR count). The standard InChI is InChI=1S/C23H29N3O/c1-25(18-19-7-3-2-4-8-19)15-16-26-13-11-23(12-14-26)21-10-6-5-9-20(21)17-22(27)24-23/h2-10H,11-18H2,1H3,(H,24,27). The Morgan fingerprint density at radius 2 is 1.74 bits per heavy atom.